The van der Waals surface area contributed by atoms with Crippen LogP contribution in [0.1, 0.15) is 26.2 Å². The van der Waals surface area contributed by atoms with E-state index < -0.39 is 23.9 Å². The molecule has 0 aromatic rings. The molecule has 0 rings (SSSR count). The van der Waals surface area contributed by atoms with E-state index in [1.807, 2.05) is 6.92 Å². The van der Waals surface area contributed by atoms with Crippen LogP contribution in [0.5, 0.6) is 0 Å². The summed E-state index contributed by atoms with van der Waals surface area (Å²) in [7, 11) is 5.03. The lowest BCUT2D eigenvalue weighted by Crippen LogP contribution is -2.66. The summed E-state index contributed by atoms with van der Waals surface area (Å²) >= 11 is 0. The van der Waals surface area contributed by atoms with Crippen molar-refractivity contribution in [2.75, 3.05) is 21.1 Å². The van der Waals surface area contributed by atoms with Crippen LogP contribution in [-0.4, -0.2) is 48.2 Å². The maximum atomic E-state index is 11.2. The van der Waals surface area contributed by atoms with E-state index in [-0.39, 0.29) is 4.48 Å². The SMILES string of the molecule is CCCC(CC(=O)O)(C(=O)[O-])[N+](C)(C)C. The topological polar surface area (TPSA) is 77.4 Å². The Morgan fingerprint density at radius 3 is 2.00 bits per heavy atom. The number of rotatable bonds is 6. The first-order valence-corrected chi connectivity index (χ1v) is 4.92. The van der Waals surface area contributed by atoms with E-state index in [9.17, 15) is 14.7 Å². The van der Waals surface area contributed by atoms with Gasteiger partial charge in [-0.3, -0.25) is 4.79 Å². The van der Waals surface area contributed by atoms with Crippen molar-refractivity contribution in [1.29, 1.82) is 0 Å². The molecular formula is C10H19NO4. The second-order valence-electron chi connectivity index (χ2n) is 4.65. The summed E-state index contributed by atoms with van der Waals surface area (Å²) in [6.07, 6.45) is 0.495. The molecule has 0 bridgehead atoms. The van der Waals surface area contributed by atoms with Crippen molar-refractivity contribution in [3.8, 4) is 0 Å². The van der Waals surface area contributed by atoms with Crippen molar-refractivity contribution in [2.24, 2.45) is 0 Å². The number of hydrogen-bond donors (Lipinski definition) is 1. The highest BCUT2D eigenvalue weighted by Gasteiger charge is 2.45. The molecule has 1 unspecified atom stereocenters. The molecule has 0 radical (unpaired) electrons. The molecule has 0 saturated heterocycles. The first-order chi connectivity index (χ1) is 6.67. The maximum absolute atomic E-state index is 11.2. The van der Waals surface area contributed by atoms with Crippen LogP contribution in [0.4, 0.5) is 0 Å². The van der Waals surface area contributed by atoms with E-state index in [2.05, 4.69) is 0 Å². The van der Waals surface area contributed by atoms with Gasteiger partial charge < -0.3 is 19.5 Å². The molecule has 5 heteroatoms. The first kappa shape index (κ1) is 13.9. The lowest BCUT2D eigenvalue weighted by Gasteiger charge is -2.46. The van der Waals surface area contributed by atoms with Crippen LogP contribution in [0.25, 0.3) is 0 Å². The van der Waals surface area contributed by atoms with Crippen molar-refractivity contribution in [2.45, 2.75) is 31.7 Å². The van der Waals surface area contributed by atoms with E-state index >= 15 is 0 Å². The Bertz CT molecular complexity index is 257. The van der Waals surface area contributed by atoms with Crippen molar-refractivity contribution >= 4 is 11.9 Å². The highest BCUT2D eigenvalue weighted by Crippen LogP contribution is 2.28. The number of quaternary nitrogens is 1. The molecule has 88 valence electrons. The smallest absolute Gasteiger partial charge is 0.310 e. The molecule has 0 fully saturated rings. The van der Waals surface area contributed by atoms with Gasteiger partial charge in [0.1, 0.15) is 17.9 Å². The molecule has 0 aliphatic carbocycles. The molecule has 15 heavy (non-hydrogen) atoms. The van der Waals surface area contributed by atoms with Crippen molar-refractivity contribution in [3.05, 3.63) is 0 Å². The molecule has 0 amide bonds. The van der Waals surface area contributed by atoms with Crippen LogP contribution in [0.3, 0.4) is 0 Å². The number of carboxylic acid groups (broad SMARTS) is 2. The highest BCUT2D eigenvalue weighted by molar-refractivity contribution is 5.82. The molecule has 0 aromatic heterocycles. The fraction of sp³-hybridized carbons (Fsp3) is 0.800. The fourth-order valence-corrected chi connectivity index (χ4v) is 1.77. The quantitative estimate of drug-likeness (QED) is 0.606. The van der Waals surface area contributed by atoms with E-state index in [0.29, 0.717) is 12.8 Å². The van der Waals surface area contributed by atoms with Gasteiger partial charge in [-0.1, -0.05) is 6.92 Å². The van der Waals surface area contributed by atoms with Crippen LogP contribution in [0, 0.1) is 0 Å². The van der Waals surface area contributed by atoms with Crippen molar-refractivity contribution < 1.29 is 24.3 Å². The number of likely N-dealkylation sites (N-methyl/N-ethyl adjacent to an activating group) is 1. The Hall–Kier alpha value is -1.10. The average Bonchev–Trinajstić information content (AvgIpc) is 1.99. The standard InChI is InChI=1S/C10H19NO4/c1-5-6-10(9(14)15,7-8(12)13)11(2,3)4/h5-7H2,1-4H3,(H-,12,13,14,15). The minimum atomic E-state index is -1.35. The Balaban J connectivity index is 5.27. The number of carboxylic acids is 2. The largest absolute Gasteiger partial charge is 0.544 e. The van der Waals surface area contributed by atoms with Crippen molar-refractivity contribution in [3.63, 3.8) is 0 Å². The van der Waals surface area contributed by atoms with Crippen LogP contribution in [0.15, 0.2) is 0 Å². The zero-order valence-electron chi connectivity index (χ0n) is 9.74. The van der Waals surface area contributed by atoms with Crippen LogP contribution < -0.4 is 5.11 Å². The minimum absolute atomic E-state index is 0.0511. The second kappa shape index (κ2) is 4.61. The maximum Gasteiger partial charge on any atom is 0.310 e. The summed E-state index contributed by atoms with van der Waals surface area (Å²) in [6.45, 7) is 1.83. The Morgan fingerprint density at radius 1 is 1.33 bits per heavy atom. The Labute approximate surface area is 89.9 Å². The molecule has 0 aliphatic heterocycles. The van der Waals surface area contributed by atoms with Gasteiger partial charge in [-0.05, 0) is 6.42 Å². The van der Waals surface area contributed by atoms with Gasteiger partial charge >= 0.3 is 5.97 Å². The number of aliphatic carboxylic acids is 2. The van der Waals surface area contributed by atoms with E-state index in [4.69, 9.17) is 5.11 Å². The molecule has 0 aliphatic rings. The monoisotopic (exact) mass is 217 g/mol. The van der Waals surface area contributed by atoms with E-state index in [1.165, 1.54) is 0 Å². The molecular weight excluding hydrogens is 198 g/mol. The van der Waals surface area contributed by atoms with Crippen LogP contribution in [0.2, 0.25) is 0 Å². The lowest BCUT2D eigenvalue weighted by molar-refractivity contribution is -0.916. The summed E-state index contributed by atoms with van der Waals surface area (Å²) in [5, 5.41) is 20.0. The number of carbonyl (C=O) groups is 2. The molecule has 1 atom stereocenters. The lowest BCUT2D eigenvalue weighted by atomic mass is 9.86. The third-order valence-electron chi connectivity index (χ3n) is 2.77. The van der Waals surface area contributed by atoms with Gasteiger partial charge in [0.15, 0.2) is 0 Å². The molecule has 5 nitrogen and oxygen atoms in total. The van der Waals surface area contributed by atoms with Gasteiger partial charge in [0.25, 0.3) is 0 Å². The van der Waals surface area contributed by atoms with Gasteiger partial charge in [0.2, 0.25) is 0 Å². The first-order valence-electron chi connectivity index (χ1n) is 4.92. The predicted octanol–water partition coefficient (Wildman–Crippen LogP) is -0.544. The zero-order valence-corrected chi connectivity index (χ0v) is 9.74. The molecule has 0 saturated carbocycles. The summed E-state index contributed by atoms with van der Waals surface area (Å²) in [5.41, 5.74) is -1.35. The average molecular weight is 217 g/mol. The van der Waals surface area contributed by atoms with Crippen LogP contribution >= 0.6 is 0 Å². The third-order valence-corrected chi connectivity index (χ3v) is 2.77. The predicted molar refractivity (Wildman–Crippen MR) is 52.9 cm³/mol. The summed E-state index contributed by atoms with van der Waals surface area (Å²) in [6, 6.07) is 0. The summed E-state index contributed by atoms with van der Waals surface area (Å²) in [4.78, 5) is 21.9. The number of carbonyl (C=O) groups excluding carboxylic acids is 1. The highest BCUT2D eigenvalue weighted by atomic mass is 16.4. The molecule has 1 N–H and O–H groups in total. The van der Waals surface area contributed by atoms with Gasteiger partial charge in [-0.25, -0.2) is 0 Å². The Kier molecular flexibility index (Phi) is 4.27. The minimum Gasteiger partial charge on any atom is -0.544 e. The molecule has 0 heterocycles. The van der Waals surface area contributed by atoms with Gasteiger partial charge in [-0.15, -0.1) is 0 Å². The normalized spacial score (nSPS) is 15.7. The van der Waals surface area contributed by atoms with E-state index in [0.717, 1.165) is 0 Å². The summed E-state index contributed by atoms with van der Waals surface area (Å²) in [5.74, 6) is -2.40. The van der Waals surface area contributed by atoms with Crippen molar-refractivity contribution in [1.82, 2.24) is 0 Å². The number of nitrogens with zero attached hydrogens (tertiary/aromatic N) is 1. The molecule has 0 aromatic carbocycles. The number of hydrogen-bond acceptors (Lipinski definition) is 3. The Morgan fingerprint density at radius 2 is 1.80 bits per heavy atom. The fourth-order valence-electron chi connectivity index (χ4n) is 1.77. The van der Waals surface area contributed by atoms with E-state index in [1.54, 1.807) is 21.1 Å². The zero-order chi connectivity index (χ0) is 12.3. The second-order valence-corrected chi connectivity index (χ2v) is 4.65. The van der Waals surface area contributed by atoms with Gasteiger partial charge in [-0.2, -0.15) is 0 Å². The molecule has 0 spiro atoms. The summed E-state index contributed by atoms with van der Waals surface area (Å²) < 4.78 is 0.0511. The third kappa shape index (κ3) is 2.92. The van der Waals surface area contributed by atoms with Crippen LogP contribution in [-0.2, 0) is 9.59 Å². The van der Waals surface area contributed by atoms with Gasteiger partial charge in [0.05, 0.1) is 21.1 Å². The van der Waals surface area contributed by atoms with Gasteiger partial charge in [0, 0.05) is 6.42 Å².